The van der Waals surface area contributed by atoms with Gasteiger partial charge in [-0.2, -0.15) is 0 Å². The van der Waals surface area contributed by atoms with E-state index in [9.17, 15) is 4.79 Å². The summed E-state index contributed by atoms with van der Waals surface area (Å²) in [6.07, 6.45) is 3.88. The third-order valence-electron chi connectivity index (χ3n) is 7.59. The Kier molecular flexibility index (Phi) is 6.07. The van der Waals surface area contributed by atoms with Gasteiger partial charge >= 0.3 is 0 Å². The number of benzene rings is 1. The van der Waals surface area contributed by atoms with Gasteiger partial charge in [0.15, 0.2) is 11.6 Å². The maximum atomic E-state index is 12.9. The van der Waals surface area contributed by atoms with Gasteiger partial charge in [0.1, 0.15) is 5.60 Å². The molecule has 3 saturated heterocycles. The number of nitrogens with zero attached hydrogens (tertiary/aromatic N) is 4. The van der Waals surface area contributed by atoms with Crippen LogP contribution < -0.4 is 15.1 Å². The molecule has 3 fully saturated rings. The fourth-order valence-electron chi connectivity index (χ4n) is 5.23. The second-order valence-corrected chi connectivity index (χ2v) is 10.2. The molecule has 9 heteroatoms. The monoisotopic (exact) mass is 479 g/mol. The van der Waals surface area contributed by atoms with Crippen LogP contribution in [0.15, 0.2) is 30.5 Å². The van der Waals surface area contributed by atoms with Crippen molar-refractivity contribution in [1.29, 1.82) is 0 Å². The maximum absolute atomic E-state index is 12.9. The largest absolute Gasteiger partial charge is 0.381 e. The molecular formula is C26H33N5O4. The van der Waals surface area contributed by atoms with Crippen LogP contribution in [0.2, 0.25) is 0 Å². The van der Waals surface area contributed by atoms with Crippen molar-refractivity contribution >= 4 is 17.4 Å². The van der Waals surface area contributed by atoms with Crippen LogP contribution in [-0.2, 0) is 24.6 Å². The molecule has 1 aromatic heterocycles. The average molecular weight is 480 g/mol. The zero-order valence-electron chi connectivity index (χ0n) is 20.2. The molecule has 2 atom stereocenters. The number of fused-ring (bicyclic) bond motifs is 3. The van der Waals surface area contributed by atoms with Gasteiger partial charge < -0.3 is 29.3 Å². The first-order valence-corrected chi connectivity index (χ1v) is 12.6. The van der Waals surface area contributed by atoms with Gasteiger partial charge in [0, 0.05) is 38.4 Å². The lowest BCUT2D eigenvalue weighted by molar-refractivity contribution is -0.120. The van der Waals surface area contributed by atoms with E-state index in [-0.39, 0.29) is 24.1 Å². The van der Waals surface area contributed by atoms with Crippen molar-refractivity contribution in [3.8, 4) is 11.4 Å². The number of carbonyl (C=O) groups excluding carboxylic acids is 1. The minimum Gasteiger partial charge on any atom is -0.381 e. The van der Waals surface area contributed by atoms with E-state index in [1.807, 2.05) is 18.3 Å². The van der Waals surface area contributed by atoms with Crippen LogP contribution in [-0.4, -0.2) is 81.1 Å². The molecule has 4 aliphatic rings. The number of ether oxygens (including phenoxy) is 3. The fourth-order valence-corrected chi connectivity index (χ4v) is 5.23. The zero-order chi connectivity index (χ0) is 23.8. The Morgan fingerprint density at radius 2 is 2.09 bits per heavy atom. The molecule has 0 spiro atoms. The van der Waals surface area contributed by atoms with Crippen LogP contribution in [0.1, 0.15) is 25.3 Å². The van der Waals surface area contributed by atoms with Crippen molar-refractivity contribution in [2.24, 2.45) is 5.92 Å². The quantitative estimate of drug-likeness (QED) is 0.629. The lowest BCUT2D eigenvalue weighted by Gasteiger charge is -2.45. The summed E-state index contributed by atoms with van der Waals surface area (Å²) >= 11 is 0. The normalized spacial score (nSPS) is 26.1. The van der Waals surface area contributed by atoms with Gasteiger partial charge in [0.05, 0.1) is 44.3 Å². The lowest BCUT2D eigenvalue weighted by atomic mass is 9.99. The lowest BCUT2D eigenvalue weighted by Crippen LogP contribution is -2.57. The molecule has 2 aromatic rings. The third-order valence-corrected chi connectivity index (χ3v) is 7.59. The van der Waals surface area contributed by atoms with E-state index in [0.29, 0.717) is 38.0 Å². The van der Waals surface area contributed by atoms with E-state index >= 15 is 0 Å². The Bertz CT molecular complexity index is 1090. The smallest absolute Gasteiger partial charge is 0.239 e. The van der Waals surface area contributed by atoms with Crippen molar-refractivity contribution in [3.63, 3.8) is 0 Å². The molecule has 1 amide bonds. The maximum Gasteiger partial charge on any atom is 0.239 e. The van der Waals surface area contributed by atoms with Crippen molar-refractivity contribution in [2.75, 3.05) is 69.0 Å². The average Bonchev–Trinajstić information content (AvgIpc) is 3.66. The predicted octanol–water partition coefficient (Wildman–Crippen LogP) is 1.96. The molecule has 1 aromatic carbocycles. The Morgan fingerprint density at radius 1 is 1.23 bits per heavy atom. The van der Waals surface area contributed by atoms with Gasteiger partial charge in [0.2, 0.25) is 5.91 Å². The summed E-state index contributed by atoms with van der Waals surface area (Å²) in [6, 6.07) is 8.45. The number of rotatable bonds is 6. The van der Waals surface area contributed by atoms with Crippen LogP contribution >= 0.6 is 0 Å². The van der Waals surface area contributed by atoms with E-state index in [2.05, 4.69) is 34.2 Å². The number of amides is 1. The van der Waals surface area contributed by atoms with Crippen molar-refractivity contribution in [2.45, 2.75) is 31.4 Å². The van der Waals surface area contributed by atoms with Crippen LogP contribution in [0.4, 0.5) is 11.5 Å². The first-order chi connectivity index (χ1) is 17.1. The molecule has 9 nitrogen and oxygen atoms in total. The molecule has 0 saturated carbocycles. The third kappa shape index (κ3) is 4.72. The Labute approximate surface area is 205 Å². The number of hydrogen-bond acceptors (Lipinski definition) is 8. The molecule has 6 rings (SSSR count). The summed E-state index contributed by atoms with van der Waals surface area (Å²) < 4.78 is 16.8. The molecule has 0 bridgehead atoms. The van der Waals surface area contributed by atoms with E-state index in [4.69, 9.17) is 24.2 Å². The summed E-state index contributed by atoms with van der Waals surface area (Å²) in [4.78, 5) is 27.0. The minimum atomic E-state index is -0.200. The molecule has 1 unspecified atom stereocenters. The number of morpholine rings is 1. The van der Waals surface area contributed by atoms with Crippen LogP contribution in [0.5, 0.6) is 0 Å². The van der Waals surface area contributed by atoms with Gasteiger partial charge in [-0.1, -0.05) is 18.2 Å². The molecular weight excluding hydrogens is 446 g/mol. The van der Waals surface area contributed by atoms with Crippen LogP contribution in [0.25, 0.3) is 11.4 Å². The first-order valence-electron chi connectivity index (χ1n) is 12.6. The number of carbonyl (C=O) groups is 1. The summed E-state index contributed by atoms with van der Waals surface area (Å²) in [5, 5.41) is 3.13. The summed E-state index contributed by atoms with van der Waals surface area (Å²) in [5.41, 5.74) is 2.82. The number of hydrogen-bond donors (Lipinski definition) is 1. The highest BCUT2D eigenvalue weighted by molar-refractivity contribution is 5.84. The van der Waals surface area contributed by atoms with E-state index in [0.717, 1.165) is 61.8 Å². The molecule has 0 radical (unpaired) electrons. The first kappa shape index (κ1) is 22.7. The summed E-state index contributed by atoms with van der Waals surface area (Å²) in [7, 11) is 0. The molecule has 1 N–H and O–H groups in total. The summed E-state index contributed by atoms with van der Waals surface area (Å²) in [5.74, 6) is 2.09. The molecule has 0 aliphatic carbocycles. The van der Waals surface area contributed by atoms with E-state index < -0.39 is 0 Å². The predicted molar refractivity (Wildman–Crippen MR) is 131 cm³/mol. The number of anilines is 2. The van der Waals surface area contributed by atoms with Crippen molar-refractivity contribution in [3.05, 3.63) is 36.0 Å². The SMILES string of the molecule is CC1(c2cccc(-c3ncc4c(n3)N3CCOC[C@H]3CN4CC(=O)NCC3CCOCC3)c2)CO1. The minimum absolute atomic E-state index is 0.0297. The molecule has 4 aliphatic heterocycles. The van der Waals surface area contributed by atoms with Crippen LogP contribution in [0.3, 0.4) is 0 Å². The van der Waals surface area contributed by atoms with Crippen molar-refractivity contribution < 1.29 is 19.0 Å². The number of epoxide rings is 1. The van der Waals surface area contributed by atoms with Crippen LogP contribution in [0, 0.1) is 5.92 Å². The van der Waals surface area contributed by atoms with Crippen molar-refractivity contribution in [1.82, 2.24) is 15.3 Å². The fraction of sp³-hybridized carbons (Fsp3) is 0.577. The topological polar surface area (TPSA) is 92.4 Å². The summed E-state index contributed by atoms with van der Waals surface area (Å²) in [6.45, 7) is 8.19. The highest BCUT2D eigenvalue weighted by Gasteiger charge is 2.41. The van der Waals surface area contributed by atoms with Gasteiger partial charge in [0.25, 0.3) is 0 Å². The molecule has 35 heavy (non-hydrogen) atoms. The standard InChI is InChI=1S/C26H33N5O4/c1-26(17-35-26)20-4-2-3-19(11-20)24-28-13-22-25(29-24)31-7-10-34-16-21(31)14-30(22)15-23(32)27-12-18-5-8-33-9-6-18/h2-4,11,13,18,21H,5-10,12,14-17H2,1H3,(H,27,32)/t21-,26?/m1/s1. The number of aromatic nitrogens is 2. The highest BCUT2D eigenvalue weighted by atomic mass is 16.6. The Hall–Kier alpha value is -2.75. The Balaban J connectivity index is 1.23. The second-order valence-electron chi connectivity index (χ2n) is 10.2. The second kappa shape index (κ2) is 9.37. The van der Waals surface area contributed by atoms with Gasteiger partial charge in [-0.3, -0.25) is 4.79 Å². The highest BCUT2D eigenvalue weighted by Crippen LogP contribution is 2.40. The van der Waals surface area contributed by atoms with Gasteiger partial charge in [-0.15, -0.1) is 0 Å². The van der Waals surface area contributed by atoms with Gasteiger partial charge in [-0.05, 0) is 37.3 Å². The van der Waals surface area contributed by atoms with E-state index in [1.54, 1.807) is 0 Å². The molecule has 186 valence electrons. The van der Waals surface area contributed by atoms with E-state index in [1.165, 1.54) is 0 Å². The Morgan fingerprint density at radius 3 is 2.91 bits per heavy atom. The number of nitrogens with one attached hydrogen (secondary N) is 1. The zero-order valence-corrected chi connectivity index (χ0v) is 20.2. The van der Waals surface area contributed by atoms with Gasteiger partial charge in [-0.25, -0.2) is 9.97 Å². The molecule has 5 heterocycles.